The Hall–Kier alpha value is -2.83. The van der Waals surface area contributed by atoms with Gasteiger partial charge in [0.1, 0.15) is 6.54 Å². The first-order valence-electron chi connectivity index (χ1n) is 9.60. The van der Waals surface area contributed by atoms with Gasteiger partial charge in [-0.3, -0.25) is 9.48 Å². The second-order valence-electron chi connectivity index (χ2n) is 6.58. The Bertz CT molecular complexity index is 756. The molecule has 2 heterocycles. The van der Waals surface area contributed by atoms with Gasteiger partial charge < -0.3 is 15.5 Å². The fourth-order valence-electron chi connectivity index (χ4n) is 3.18. The molecule has 27 heavy (non-hydrogen) atoms. The quantitative estimate of drug-likeness (QED) is 0.440. The van der Waals surface area contributed by atoms with Gasteiger partial charge in [0.2, 0.25) is 5.91 Å². The molecular formula is C20H28N6O. The third kappa shape index (κ3) is 5.57. The van der Waals surface area contributed by atoms with Gasteiger partial charge in [0.15, 0.2) is 5.96 Å². The van der Waals surface area contributed by atoms with Crippen LogP contribution in [0.2, 0.25) is 0 Å². The minimum absolute atomic E-state index is 0.0678. The Morgan fingerprint density at radius 1 is 1.22 bits per heavy atom. The molecule has 7 nitrogen and oxygen atoms in total. The summed E-state index contributed by atoms with van der Waals surface area (Å²) < 4.78 is 1.91. The fourth-order valence-corrected chi connectivity index (χ4v) is 3.18. The molecule has 3 rings (SSSR count). The zero-order valence-electron chi connectivity index (χ0n) is 15.9. The normalized spacial score (nSPS) is 14.0. The van der Waals surface area contributed by atoms with Crippen LogP contribution in [-0.4, -0.2) is 52.7 Å². The van der Waals surface area contributed by atoms with Crippen LogP contribution in [0.4, 0.5) is 0 Å². The van der Waals surface area contributed by atoms with Crippen molar-refractivity contribution in [1.29, 1.82) is 0 Å². The molecule has 0 saturated heterocycles. The number of aliphatic imine (C=N–C) groups is 1. The summed E-state index contributed by atoms with van der Waals surface area (Å²) in [7, 11) is 0. The number of nitrogens with zero attached hydrogens (tertiary/aromatic N) is 4. The van der Waals surface area contributed by atoms with Crippen LogP contribution in [-0.2, 0) is 24.3 Å². The minimum Gasteiger partial charge on any atom is -0.357 e. The number of amides is 1. The van der Waals surface area contributed by atoms with E-state index in [4.69, 9.17) is 0 Å². The first-order valence-corrected chi connectivity index (χ1v) is 9.60. The SMILES string of the molecule is CCNC(=NCC(=O)N1CCc2ccccc2C1)NCCCn1cccn1. The average Bonchev–Trinajstić information content (AvgIpc) is 3.22. The monoisotopic (exact) mass is 368 g/mol. The number of hydrogen-bond acceptors (Lipinski definition) is 3. The Balaban J connectivity index is 1.46. The Kier molecular flexibility index (Phi) is 6.84. The average molecular weight is 368 g/mol. The molecule has 0 atom stereocenters. The maximum Gasteiger partial charge on any atom is 0.244 e. The highest BCUT2D eigenvalue weighted by atomic mass is 16.2. The first kappa shape index (κ1) is 18.9. The third-order valence-electron chi connectivity index (χ3n) is 4.62. The number of guanidine groups is 1. The maximum atomic E-state index is 12.6. The molecule has 2 N–H and O–H groups in total. The zero-order valence-corrected chi connectivity index (χ0v) is 15.9. The molecule has 1 aliphatic heterocycles. The van der Waals surface area contributed by atoms with Crippen molar-refractivity contribution in [2.75, 3.05) is 26.2 Å². The minimum atomic E-state index is 0.0678. The van der Waals surface area contributed by atoms with Crippen LogP contribution in [0.3, 0.4) is 0 Å². The van der Waals surface area contributed by atoms with E-state index in [1.165, 1.54) is 11.1 Å². The molecule has 7 heteroatoms. The van der Waals surface area contributed by atoms with E-state index < -0.39 is 0 Å². The van der Waals surface area contributed by atoms with Crippen molar-refractivity contribution in [3.8, 4) is 0 Å². The van der Waals surface area contributed by atoms with Crippen molar-refractivity contribution >= 4 is 11.9 Å². The van der Waals surface area contributed by atoms with Gasteiger partial charge in [0.25, 0.3) is 0 Å². The predicted octanol–water partition coefficient (Wildman–Crippen LogP) is 1.41. The Morgan fingerprint density at radius 2 is 2.07 bits per heavy atom. The van der Waals surface area contributed by atoms with Gasteiger partial charge in [-0.05, 0) is 37.0 Å². The van der Waals surface area contributed by atoms with E-state index in [2.05, 4.69) is 38.9 Å². The van der Waals surface area contributed by atoms with Gasteiger partial charge >= 0.3 is 0 Å². The van der Waals surface area contributed by atoms with Gasteiger partial charge in [-0.15, -0.1) is 0 Å². The van der Waals surface area contributed by atoms with Crippen LogP contribution in [0.5, 0.6) is 0 Å². The smallest absolute Gasteiger partial charge is 0.244 e. The Morgan fingerprint density at radius 3 is 2.85 bits per heavy atom. The molecule has 1 aromatic heterocycles. The van der Waals surface area contributed by atoms with Crippen LogP contribution < -0.4 is 10.6 Å². The van der Waals surface area contributed by atoms with Crippen LogP contribution in [0.15, 0.2) is 47.7 Å². The standard InChI is InChI=1S/C20H28N6O/c1-2-21-20(22-10-5-12-26-13-6-11-24-26)23-15-19(27)25-14-9-17-7-3-4-8-18(17)16-25/h3-4,6-8,11,13H,2,5,9-10,12,14-16H2,1H3,(H2,21,22,23). The van der Waals surface area contributed by atoms with E-state index in [0.717, 1.165) is 39.0 Å². The number of nitrogens with one attached hydrogen (secondary N) is 2. The molecule has 144 valence electrons. The maximum absolute atomic E-state index is 12.6. The number of aryl methyl sites for hydroxylation is 1. The summed E-state index contributed by atoms with van der Waals surface area (Å²) in [4.78, 5) is 18.9. The highest BCUT2D eigenvalue weighted by molar-refractivity contribution is 5.85. The van der Waals surface area contributed by atoms with Gasteiger partial charge in [0, 0.05) is 45.1 Å². The summed E-state index contributed by atoms with van der Waals surface area (Å²) in [6.07, 6.45) is 5.58. The lowest BCUT2D eigenvalue weighted by Crippen LogP contribution is -2.41. The molecule has 0 spiro atoms. The van der Waals surface area contributed by atoms with E-state index in [1.54, 1.807) is 6.20 Å². The number of carbonyl (C=O) groups excluding carboxylic acids is 1. The molecule has 1 aromatic carbocycles. The number of aromatic nitrogens is 2. The number of fused-ring (bicyclic) bond motifs is 1. The van der Waals surface area contributed by atoms with Crippen LogP contribution in [0.25, 0.3) is 0 Å². The highest BCUT2D eigenvalue weighted by Crippen LogP contribution is 2.18. The summed E-state index contributed by atoms with van der Waals surface area (Å²) in [5.74, 6) is 0.752. The van der Waals surface area contributed by atoms with Crippen molar-refractivity contribution in [3.63, 3.8) is 0 Å². The van der Waals surface area contributed by atoms with Crippen LogP contribution in [0.1, 0.15) is 24.5 Å². The topological polar surface area (TPSA) is 74.6 Å². The molecule has 0 unspecified atom stereocenters. The van der Waals surface area contributed by atoms with E-state index in [0.29, 0.717) is 12.5 Å². The molecule has 1 amide bonds. The highest BCUT2D eigenvalue weighted by Gasteiger charge is 2.19. The molecule has 0 aliphatic carbocycles. The molecule has 0 radical (unpaired) electrons. The Labute approximate surface area is 160 Å². The van der Waals surface area contributed by atoms with E-state index in [9.17, 15) is 4.79 Å². The summed E-state index contributed by atoms with van der Waals surface area (Å²) in [6.45, 7) is 6.01. The summed E-state index contributed by atoms with van der Waals surface area (Å²) in [5.41, 5.74) is 2.59. The number of carbonyl (C=O) groups is 1. The van der Waals surface area contributed by atoms with E-state index in [-0.39, 0.29) is 12.5 Å². The number of rotatable bonds is 7. The van der Waals surface area contributed by atoms with Crippen molar-refractivity contribution in [3.05, 3.63) is 53.9 Å². The molecular weight excluding hydrogens is 340 g/mol. The van der Waals surface area contributed by atoms with Gasteiger partial charge in [0.05, 0.1) is 0 Å². The van der Waals surface area contributed by atoms with Crippen LogP contribution >= 0.6 is 0 Å². The zero-order chi connectivity index (χ0) is 18.9. The van der Waals surface area contributed by atoms with Gasteiger partial charge in [-0.25, -0.2) is 4.99 Å². The summed E-state index contributed by atoms with van der Waals surface area (Å²) >= 11 is 0. The summed E-state index contributed by atoms with van der Waals surface area (Å²) in [5, 5.41) is 10.7. The largest absolute Gasteiger partial charge is 0.357 e. The molecule has 0 fully saturated rings. The van der Waals surface area contributed by atoms with Crippen LogP contribution in [0, 0.1) is 0 Å². The lowest BCUT2D eigenvalue weighted by Gasteiger charge is -2.28. The van der Waals surface area contributed by atoms with Crippen molar-refractivity contribution < 1.29 is 4.79 Å². The van der Waals surface area contributed by atoms with Gasteiger partial charge in [-0.2, -0.15) is 5.10 Å². The van der Waals surface area contributed by atoms with Crippen molar-refractivity contribution in [2.45, 2.75) is 32.9 Å². The second-order valence-corrected chi connectivity index (χ2v) is 6.58. The van der Waals surface area contributed by atoms with E-state index in [1.807, 2.05) is 34.8 Å². The number of benzene rings is 1. The van der Waals surface area contributed by atoms with Gasteiger partial charge in [-0.1, -0.05) is 24.3 Å². The second kappa shape index (κ2) is 9.75. The fraction of sp³-hybridized carbons (Fsp3) is 0.450. The molecule has 0 saturated carbocycles. The number of hydrogen-bond donors (Lipinski definition) is 2. The molecule has 2 aromatic rings. The lowest BCUT2D eigenvalue weighted by molar-refractivity contribution is -0.130. The molecule has 1 aliphatic rings. The van der Waals surface area contributed by atoms with E-state index >= 15 is 0 Å². The molecule has 0 bridgehead atoms. The van der Waals surface area contributed by atoms with Crippen molar-refractivity contribution in [1.82, 2.24) is 25.3 Å². The summed E-state index contributed by atoms with van der Waals surface area (Å²) in [6, 6.07) is 10.3. The lowest BCUT2D eigenvalue weighted by atomic mass is 10.00. The third-order valence-corrected chi connectivity index (χ3v) is 4.62. The predicted molar refractivity (Wildman–Crippen MR) is 106 cm³/mol. The van der Waals surface area contributed by atoms with Crippen molar-refractivity contribution in [2.24, 2.45) is 4.99 Å². The first-order chi connectivity index (χ1) is 13.3.